The van der Waals surface area contributed by atoms with Crippen molar-refractivity contribution < 1.29 is 22.0 Å². The van der Waals surface area contributed by atoms with Crippen molar-refractivity contribution in [3.05, 3.63) is 10.5 Å². The van der Waals surface area contributed by atoms with Gasteiger partial charge < -0.3 is 4.90 Å². The maximum absolute atomic E-state index is 12.1. The van der Waals surface area contributed by atoms with E-state index >= 15 is 0 Å². The molecular weight excluding hydrogens is 296 g/mol. The normalized spacial score (nSPS) is 27.1. The molecule has 0 radical (unpaired) electrons. The zero-order chi connectivity index (χ0) is 13.6. The minimum Gasteiger partial charge on any atom is -0.311 e. The van der Waals surface area contributed by atoms with Crippen LogP contribution in [0.2, 0.25) is 0 Å². The average Bonchev–Trinajstić information content (AvgIpc) is 2.93. The monoisotopic (exact) mass is 306 g/mol. The van der Waals surface area contributed by atoms with Gasteiger partial charge in [-0.25, -0.2) is 4.79 Å². The Morgan fingerprint density at radius 2 is 2.26 bits per heavy atom. The van der Waals surface area contributed by atoms with Crippen molar-refractivity contribution in [2.45, 2.75) is 24.9 Å². The van der Waals surface area contributed by atoms with Gasteiger partial charge in [-0.3, -0.25) is 4.55 Å². The molecule has 2 bridgehead atoms. The van der Waals surface area contributed by atoms with Gasteiger partial charge in [-0.1, -0.05) is 0 Å². The highest BCUT2D eigenvalue weighted by Gasteiger charge is 2.48. The second kappa shape index (κ2) is 4.37. The minimum absolute atomic E-state index is 0.216. The average molecular weight is 306 g/mol. The zero-order valence-electron chi connectivity index (χ0n) is 9.54. The highest BCUT2D eigenvalue weighted by atomic mass is 32.3. The molecule has 2 aliphatic heterocycles. The predicted octanol–water partition coefficient (Wildman–Crippen LogP) is 0.214. The van der Waals surface area contributed by atoms with Crippen LogP contribution in [-0.2, 0) is 14.7 Å². The Kier molecular flexibility index (Phi) is 2.92. The first-order chi connectivity index (χ1) is 8.96. The Labute approximate surface area is 112 Å². The van der Waals surface area contributed by atoms with Crippen molar-refractivity contribution in [2.24, 2.45) is 0 Å². The van der Waals surface area contributed by atoms with E-state index in [2.05, 4.69) is 14.5 Å². The van der Waals surface area contributed by atoms with Crippen LogP contribution in [0.25, 0.3) is 0 Å². The summed E-state index contributed by atoms with van der Waals surface area (Å²) in [5, 5.41) is 9.10. The van der Waals surface area contributed by atoms with Crippen molar-refractivity contribution in [2.75, 3.05) is 6.54 Å². The first kappa shape index (κ1) is 12.7. The van der Waals surface area contributed by atoms with Gasteiger partial charge in [0.05, 0.1) is 12.1 Å². The lowest BCUT2D eigenvalue weighted by atomic mass is 10.0. The van der Waals surface area contributed by atoms with Crippen molar-refractivity contribution >= 4 is 27.8 Å². The number of nitrogens with zero attached hydrogens (tertiary/aromatic N) is 4. The van der Waals surface area contributed by atoms with Crippen molar-refractivity contribution in [3.63, 3.8) is 0 Å². The number of carbonyl (C=O) groups excluding carboxylic acids is 1. The molecule has 9 nitrogen and oxygen atoms in total. The van der Waals surface area contributed by atoms with Crippen LogP contribution < -0.4 is 0 Å². The van der Waals surface area contributed by atoms with E-state index in [1.165, 1.54) is 16.2 Å². The van der Waals surface area contributed by atoms with Crippen LogP contribution in [0.1, 0.15) is 23.9 Å². The van der Waals surface area contributed by atoms with Gasteiger partial charge in [0, 0.05) is 6.54 Å². The molecule has 3 heterocycles. The van der Waals surface area contributed by atoms with E-state index in [9.17, 15) is 13.2 Å². The van der Waals surface area contributed by atoms with Gasteiger partial charge in [0.25, 0.3) is 0 Å². The molecule has 2 unspecified atom stereocenters. The first-order valence-corrected chi connectivity index (χ1v) is 7.73. The Morgan fingerprint density at radius 3 is 2.89 bits per heavy atom. The molecule has 3 rings (SSSR count). The fourth-order valence-corrected chi connectivity index (χ4v) is 3.50. The summed E-state index contributed by atoms with van der Waals surface area (Å²) < 4.78 is 34.5. The standard InChI is InChI=1S/C8H10N4O5S2/c13-8-11-3-5(12(8)17-19(14,15)16)1-2-6(11)7-10-9-4-18-7/h4-6H,1-3H2,(H,14,15,16). The van der Waals surface area contributed by atoms with E-state index in [1.54, 1.807) is 5.51 Å². The van der Waals surface area contributed by atoms with E-state index < -0.39 is 16.4 Å². The molecule has 1 aromatic heterocycles. The molecule has 2 fully saturated rings. The molecule has 1 N–H and O–H groups in total. The lowest BCUT2D eigenvalue weighted by Gasteiger charge is -2.28. The lowest BCUT2D eigenvalue weighted by Crippen LogP contribution is -2.35. The van der Waals surface area contributed by atoms with Crippen molar-refractivity contribution in [3.8, 4) is 0 Å². The molecule has 2 aliphatic rings. The summed E-state index contributed by atoms with van der Waals surface area (Å²) in [6, 6.07) is -1.18. The molecule has 0 saturated carbocycles. The number of piperidine rings is 1. The number of hydrogen-bond acceptors (Lipinski definition) is 7. The number of urea groups is 1. The van der Waals surface area contributed by atoms with Gasteiger partial charge >= 0.3 is 16.4 Å². The number of amides is 2. The molecule has 11 heteroatoms. The highest BCUT2D eigenvalue weighted by molar-refractivity contribution is 7.80. The van der Waals surface area contributed by atoms with E-state index in [0.717, 1.165) is 5.06 Å². The summed E-state index contributed by atoms with van der Waals surface area (Å²) in [7, 11) is -4.70. The van der Waals surface area contributed by atoms with Crippen molar-refractivity contribution in [1.29, 1.82) is 0 Å². The molecule has 2 amide bonds. The van der Waals surface area contributed by atoms with Crippen LogP contribution in [0.15, 0.2) is 5.51 Å². The molecule has 2 saturated heterocycles. The number of fused-ring (bicyclic) bond motifs is 2. The summed E-state index contributed by atoms with van der Waals surface area (Å²) in [4.78, 5) is 13.6. The molecule has 104 valence electrons. The Bertz CT molecular complexity index is 588. The van der Waals surface area contributed by atoms with E-state index in [-0.39, 0.29) is 12.1 Å². The van der Waals surface area contributed by atoms with E-state index in [0.29, 0.717) is 24.4 Å². The van der Waals surface area contributed by atoms with Gasteiger partial charge in [-0.2, -0.15) is 13.5 Å². The maximum atomic E-state index is 12.1. The number of rotatable bonds is 3. The van der Waals surface area contributed by atoms with Gasteiger partial charge in [0.1, 0.15) is 10.5 Å². The minimum atomic E-state index is -4.70. The van der Waals surface area contributed by atoms with Gasteiger partial charge in [0.2, 0.25) is 0 Å². The quantitative estimate of drug-likeness (QED) is 0.794. The third-order valence-electron chi connectivity index (χ3n) is 3.16. The molecule has 0 aliphatic carbocycles. The molecule has 0 spiro atoms. The van der Waals surface area contributed by atoms with Crippen LogP contribution in [-0.4, -0.2) is 51.7 Å². The summed E-state index contributed by atoms with van der Waals surface area (Å²) in [5.74, 6) is 0. The van der Waals surface area contributed by atoms with Gasteiger partial charge in [-0.15, -0.1) is 25.8 Å². The van der Waals surface area contributed by atoms with Crippen LogP contribution in [0, 0.1) is 0 Å². The molecule has 0 aromatic carbocycles. The third-order valence-corrected chi connectivity index (χ3v) is 4.30. The van der Waals surface area contributed by atoms with E-state index in [1.807, 2.05) is 0 Å². The second-order valence-corrected chi connectivity index (χ2v) is 6.16. The zero-order valence-corrected chi connectivity index (χ0v) is 11.2. The SMILES string of the molecule is O=C1N2CC(CCC2c2nncs2)N1OS(=O)(=O)O. The van der Waals surface area contributed by atoms with Crippen LogP contribution in [0.4, 0.5) is 4.79 Å². The fraction of sp³-hybridized carbons (Fsp3) is 0.625. The second-order valence-electron chi connectivity index (χ2n) is 4.29. The Hall–Kier alpha value is -1.30. The lowest BCUT2D eigenvalue weighted by molar-refractivity contribution is -0.0317. The van der Waals surface area contributed by atoms with Crippen molar-refractivity contribution in [1.82, 2.24) is 20.2 Å². The largest absolute Gasteiger partial charge is 0.418 e. The number of aromatic nitrogens is 2. The smallest absolute Gasteiger partial charge is 0.311 e. The molecular formula is C8H10N4O5S2. The number of hydrogen-bond donors (Lipinski definition) is 1. The Morgan fingerprint density at radius 1 is 1.47 bits per heavy atom. The fourth-order valence-electron chi connectivity index (χ4n) is 2.42. The highest BCUT2D eigenvalue weighted by Crippen LogP contribution is 2.38. The number of hydroxylamine groups is 2. The Balaban J connectivity index is 1.84. The van der Waals surface area contributed by atoms with E-state index in [4.69, 9.17) is 4.55 Å². The predicted molar refractivity (Wildman–Crippen MR) is 62.2 cm³/mol. The summed E-state index contributed by atoms with van der Waals surface area (Å²) in [5.41, 5.74) is 1.58. The first-order valence-electron chi connectivity index (χ1n) is 5.48. The number of carbonyl (C=O) groups is 1. The molecule has 2 atom stereocenters. The molecule has 19 heavy (non-hydrogen) atoms. The summed E-state index contributed by atoms with van der Waals surface area (Å²) in [6.45, 7) is 0.346. The van der Waals surface area contributed by atoms with Gasteiger partial charge in [-0.05, 0) is 12.8 Å². The summed E-state index contributed by atoms with van der Waals surface area (Å²) >= 11 is 1.34. The van der Waals surface area contributed by atoms with Crippen LogP contribution >= 0.6 is 11.3 Å². The maximum Gasteiger partial charge on any atom is 0.418 e. The summed E-state index contributed by atoms with van der Waals surface area (Å²) in [6.07, 6.45) is 1.22. The van der Waals surface area contributed by atoms with Crippen LogP contribution in [0.5, 0.6) is 0 Å². The topological polar surface area (TPSA) is 113 Å². The third kappa shape index (κ3) is 2.29. The molecule has 1 aromatic rings. The van der Waals surface area contributed by atoms with Gasteiger partial charge in [0.15, 0.2) is 0 Å². The van der Waals surface area contributed by atoms with Crippen LogP contribution in [0.3, 0.4) is 0 Å².